The Balaban J connectivity index is 1.57. The lowest BCUT2D eigenvalue weighted by Crippen LogP contribution is -2.30. The van der Waals surface area contributed by atoms with Gasteiger partial charge in [0.2, 0.25) is 10.0 Å². The van der Waals surface area contributed by atoms with Crippen molar-refractivity contribution in [3.63, 3.8) is 0 Å². The lowest BCUT2D eigenvalue weighted by molar-refractivity contribution is 0.349. The molecule has 0 radical (unpaired) electrons. The maximum atomic E-state index is 11.4. The topological polar surface area (TPSA) is 71.0 Å². The number of hydrogen-bond donors (Lipinski definition) is 1. The molecule has 1 aliphatic rings. The van der Waals surface area contributed by atoms with E-state index < -0.39 is 10.0 Å². The van der Waals surface area contributed by atoms with Crippen LogP contribution >= 0.6 is 11.3 Å². The number of aliphatic imine (C=N–C) groups is 1. The third-order valence-corrected chi connectivity index (χ3v) is 6.73. The molecule has 162 valence electrons. The Labute approximate surface area is 187 Å². The van der Waals surface area contributed by atoms with E-state index in [1.165, 1.54) is 21.6 Å². The van der Waals surface area contributed by atoms with Gasteiger partial charge in [-0.05, 0) is 59.3 Å². The first-order valence-electron chi connectivity index (χ1n) is 9.90. The van der Waals surface area contributed by atoms with Gasteiger partial charge in [0.1, 0.15) is 24.2 Å². The number of hydrogen-bond acceptors (Lipinski definition) is 6. The highest BCUT2D eigenvalue weighted by atomic mass is 32.2. The minimum atomic E-state index is -3.30. The molecule has 0 saturated heterocycles. The summed E-state index contributed by atoms with van der Waals surface area (Å²) in [5, 5.41) is 2.16. The maximum absolute atomic E-state index is 11.4. The van der Waals surface area contributed by atoms with Crippen molar-refractivity contribution in [3.05, 3.63) is 81.5 Å². The number of benzene rings is 2. The van der Waals surface area contributed by atoms with E-state index in [1.807, 2.05) is 7.05 Å². The zero-order valence-corrected chi connectivity index (χ0v) is 19.3. The molecule has 0 saturated carbocycles. The molecule has 1 N–H and O–H groups in total. The van der Waals surface area contributed by atoms with Crippen LogP contribution in [0.4, 0.5) is 5.69 Å². The average Bonchev–Trinajstić information content (AvgIpc) is 3.08. The normalized spacial score (nSPS) is 16.3. The molecule has 0 fully saturated rings. The molecule has 4 rings (SSSR count). The van der Waals surface area contributed by atoms with E-state index in [9.17, 15) is 8.42 Å². The number of fused-ring (bicyclic) bond motifs is 1. The molecule has 6 nitrogen and oxygen atoms in total. The first-order valence-corrected chi connectivity index (χ1v) is 12.7. The van der Waals surface area contributed by atoms with Crippen molar-refractivity contribution in [2.45, 2.75) is 19.5 Å². The second kappa shape index (κ2) is 8.72. The number of nitrogens with one attached hydrogen (secondary N) is 1. The minimum Gasteiger partial charge on any atom is -0.486 e. The fourth-order valence-electron chi connectivity index (χ4n) is 3.55. The molecular formula is C23H25N3O3S2. The summed E-state index contributed by atoms with van der Waals surface area (Å²) in [6.07, 6.45) is 1.13. The highest BCUT2D eigenvalue weighted by Gasteiger charge is 2.24. The quantitative estimate of drug-likeness (QED) is 0.597. The summed E-state index contributed by atoms with van der Waals surface area (Å²) in [6.45, 7) is 3.19. The monoisotopic (exact) mass is 455 g/mol. The van der Waals surface area contributed by atoms with E-state index in [-0.39, 0.29) is 6.04 Å². The van der Waals surface area contributed by atoms with Crippen LogP contribution in [0, 0.1) is 6.92 Å². The van der Waals surface area contributed by atoms with Gasteiger partial charge in [-0.1, -0.05) is 24.3 Å². The van der Waals surface area contributed by atoms with Crippen molar-refractivity contribution in [1.29, 1.82) is 0 Å². The van der Waals surface area contributed by atoms with Gasteiger partial charge in [0.05, 0.1) is 6.26 Å². The maximum Gasteiger partial charge on any atom is 0.229 e. The molecule has 0 bridgehead atoms. The predicted octanol–water partition coefficient (Wildman–Crippen LogP) is 4.44. The summed E-state index contributed by atoms with van der Waals surface area (Å²) < 4.78 is 31.2. The number of thiophene rings is 1. The van der Waals surface area contributed by atoms with Crippen LogP contribution in [0.2, 0.25) is 0 Å². The fraction of sp³-hybridized carbons (Fsp3) is 0.261. The second-order valence-electron chi connectivity index (χ2n) is 7.72. The van der Waals surface area contributed by atoms with E-state index in [2.05, 4.69) is 52.3 Å². The van der Waals surface area contributed by atoms with Gasteiger partial charge >= 0.3 is 0 Å². The minimum absolute atomic E-state index is 0.0558. The number of rotatable bonds is 6. The van der Waals surface area contributed by atoms with Crippen LogP contribution in [-0.2, 0) is 16.6 Å². The van der Waals surface area contributed by atoms with Crippen molar-refractivity contribution >= 4 is 32.9 Å². The summed E-state index contributed by atoms with van der Waals surface area (Å²) in [4.78, 5) is 8.44. The predicted molar refractivity (Wildman–Crippen MR) is 127 cm³/mol. The number of ether oxygens (including phenoxy) is 1. The molecule has 1 atom stereocenters. The van der Waals surface area contributed by atoms with Crippen LogP contribution in [0.3, 0.4) is 0 Å². The zero-order chi connectivity index (χ0) is 22.0. The van der Waals surface area contributed by atoms with Gasteiger partial charge in [0.25, 0.3) is 0 Å². The average molecular weight is 456 g/mol. The first-order chi connectivity index (χ1) is 14.8. The molecule has 2 heterocycles. The Kier molecular flexibility index (Phi) is 6.02. The number of sulfonamides is 1. The van der Waals surface area contributed by atoms with Crippen LogP contribution in [0.15, 0.2) is 65.0 Å². The molecule has 8 heteroatoms. The van der Waals surface area contributed by atoms with Crippen molar-refractivity contribution in [3.8, 4) is 5.75 Å². The standard InChI is InChI=1S/C23H25N3O3S2/c1-16-12-21(30-15-16)23-20-7-5-4-6-17(20)13-26(2)22(24-23)14-29-19-10-8-18(9-11-19)25-31(3,27)28/h4-12,15,23,25H,13-14H2,1-3H3. The van der Waals surface area contributed by atoms with Crippen LogP contribution in [-0.4, -0.2) is 39.1 Å². The number of anilines is 1. The molecule has 2 aromatic carbocycles. The highest BCUT2D eigenvalue weighted by molar-refractivity contribution is 7.92. The van der Waals surface area contributed by atoms with E-state index in [4.69, 9.17) is 9.73 Å². The van der Waals surface area contributed by atoms with Crippen molar-refractivity contribution in [2.24, 2.45) is 4.99 Å². The Morgan fingerprint density at radius 3 is 2.61 bits per heavy atom. The Morgan fingerprint density at radius 1 is 1.19 bits per heavy atom. The largest absolute Gasteiger partial charge is 0.486 e. The molecule has 1 aromatic heterocycles. The molecule has 1 unspecified atom stereocenters. The van der Waals surface area contributed by atoms with Gasteiger partial charge in [-0.3, -0.25) is 9.71 Å². The molecule has 0 amide bonds. The SMILES string of the molecule is Cc1csc(C2N=C(COc3ccc(NS(C)(=O)=O)cc3)N(C)Cc3ccccc32)c1. The molecule has 0 spiro atoms. The van der Waals surface area contributed by atoms with Gasteiger partial charge in [-0.15, -0.1) is 11.3 Å². The van der Waals surface area contributed by atoms with Crippen LogP contribution in [0.25, 0.3) is 0 Å². The van der Waals surface area contributed by atoms with Gasteiger partial charge in [0.15, 0.2) is 0 Å². The smallest absolute Gasteiger partial charge is 0.229 e. The highest BCUT2D eigenvalue weighted by Crippen LogP contribution is 2.35. The van der Waals surface area contributed by atoms with Gasteiger partial charge < -0.3 is 9.64 Å². The molecule has 31 heavy (non-hydrogen) atoms. The van der Waals surface area contributed by atoms with E-state index in [1.54, 1.807) is 35.6 Å². The molecule has 1 aliphatic heterocycles. The van der Waals surface area contributed by atoms with Crippen molar-refractivity contribution < 1.29 is 13.2 Å². The molecule has 0 aliphatic carbocycles. The summed E-state index contributed by atoms with van der Waals surface area (Å²) in [5.74, 6) is 1.52. The van der Waals surface area contributed by atoms with E-state index in [0.717, 1.165) is 18.6 Å². The third kappa shape index (κ3) is 5.26. The number of likely N-dealkylation sites (N-methyl/N-ethyl adjacent to an activating group) is 1. The van der Waals surface area contributed by atoms with Gasteiger partial charge in [0, 0.05) is 24.2 Å². The number of nitrogens with zero attached hydrogens (tertiary/aromatic N) is 2. The van der Waals surface area contributed by atoms with E-state index >= 15 is 0 Å². The van der Waals surface area contributed by atoms with Gasteiger partial charge in [-0.2, -0.15) is 0 Å². The zero-order valence-electron chi connectivity index (χ0n) is 17.7. The summed E-state index contributed by atoms with van der Waals surface area (Å²) in [6, 6.07) is 17.5. The lowest BCUT2D eigenvalue weighted by Gasteiger charge is -2.20. The third-order valence-electron chi connectivity index (χ3n) is 5.02. The second-order valence-corrected chi connectivity index (χ2v) is 10.4. The summed E-state index contributed by atoms with van der Waals surface area (Å²) in [5.41, 5.74) is 4.23. The van der Waals surface area contributed by atoms with Crippen LogP contribution in [0.1, 0.15) is 27.6 Å². The van der Waals surface area contributed by atoms with Gasteiger partial charge in [-0.25, -0.2) is 8.42 Å². The first kappa shape index (κ1) is 21.4. The van der Waals surface area contributed by atoms with E-state index in [0.29, 0.717) is 18.0 Å². The molecule has 3 aromatic rings. The summed E-state index contributed by atoms with van der Waals surface area (Å²) >= 11 is 1.73. The summed E-state index contributed by atoms with van der Waals surface area (Å²) in [7, 11) is -1.28. The van der Waals surface area contributed by atoms with Crippen LogP contribution < -0.4 is 9.46 Å². The number of aryl methyl sites for hydroxylation is 1. The Morgan fingerprint density at radius 2 is 1.94 bits per heavy atom. The fourth-order valence-corrected chi connectivity index (χ4v) is 5.07. The lowest BCUT2D eigenvalue weighted by atomic mass is 9.99. The van der Waals surface area contributed by atoms with Crippen molar-refractivity contribution in [2.75, 3.05) is 24.6 Å². The van der Waals surface area contributed by atoms with Crippen molar-refractivity contribution in [1.82, 2.24) is 4.90 Å². The molecular weight excluding hydrogens is 430 g/mol. The Bertz CT molecular complexity index is 1200. The van der Waals surface area contributed by atoms with Crippen LogP contribution in [0.5, 0.6) is 5.75 Å². The number of amidine groups is 1. The Hall–Kier alpha value is -2.84.